The molecule has 3 heteroatoms. The molecule has 0 aromatic carbocycles. The van der Waals surface area contributed by atoms with E-state index in [2.05, 4.69) is 31.0 Å². The van der Waals surface area contributed by atoms with Crippen molar-refractivity contribution in [3.63, 3.8) is 0 Å². The lowest BCUT2D eigenvalue weighted by Gasteiger charge is -2.27. The summed E-state index contributed by atoms with van der Waals surface area (Å²) in [6, 6.07) is 1.59. The average Bonchev–Trinajstić information content (AvgIpc) is 2.95. The van der Waals surface area contributed by atoms with E-state index >= 15 is 0 Å². The van der Waals surface area contributed by atoms with E-state index in [1.165, 1.54) is 38.8 Å². The molecule has 1 unspecified atom stereocenters. The molecule has 0 bridgehead atoms. The summed E-state index contributed by atoms with van der Waals surface area (Å²) < 4.78 is 5.82. The number of likely N-dealkylation sites (tertiary alicyclic amines) is 1. The fraction of sp³-hybridized carbons (Fsp3) is 1.00. The Morgan fingerprint density at radius 1 is 1.24 bits per heavy atom. The third-order valence-electron chi connectivity index (χ3n) is 3.63. The summed E-state index contributed by atoms with van der Waals surface area (Å²) in [4.78, 5) is 2.60. The van der Waals surface area contributed by atoms with Gasteiger partial charge in [0.25, 0.3) is 0 Å². The van der Waals surface area contributed by atoms with E-state index in [4.69, 9.17) is 4.74 Å². The predicted molar refractivity (Wildman–Crippen MR) is 71.3 cm³/mol. The van der Waals surface area contributed by atoms with Crippen LogP contribution in [0, 0.1) is 0 Å². The third-order valence-corrected chi connectivity index (χ3v) is 3.63. The van der Waals surface area contributed by atoms with Crippen LogP contribution in [0.2, 0.25) is 0 Å². The smallest absolute Gasteiger partial charge is 0.0600 e. The van der Waals surface area contributed by atoms with Crippen molar-refractivity contribution >= 4 is 0 Å². The molecule has 1 atom stereocenters. The lowest BCUT2D eigenvalue weighted by atomic mass is 10.2. The van der Waals surface area contributed by atoms with E-state index in [0.717, 1.165) is 25.2 Å². The first kappa shape index (κ1) is 13.3. The maximum absolute atomic E-state index is 5.82. The molecule has 1 saturated carbocycles. The summed E-state index contributed by atoms with van der Waals surface area (Å²) in [5.41, 5.74) is 0.00147. The number of hydrogen-bond acceptors (Lipinski definition) is 3. The summed E-state index contributed by atoms with van der Waals surface area (Å²) in [6.45, 7) is 10.8. The van der Waals surface area contributed by atoms with Gasteiger partial charge in [0.1, 0.15) is 0 Å². The van der Waals surface area contributed by atoms with E-state index in [-0.39, 0.29) is 5.60 Å². The van der Waals surface area contributed by atoms with Gasteiger partial charge in [0.2, 0.25) is 0 Å². The Balaban J connectivity index is 1.63. The standard InChI is InChI=1S/C14H28N2O/c1-14(2,3)17-10-9-16-8-4-5-13(16)11-15-12-6-7-12/h12-13,15H,4-11H2,1-3H3. The molecule has 0 spiro atoms. The van der Waals surface area contributed by atoms with Crippen molar-refractivity contribution in [3.05, 3.63) is 0 Å². The monoisotopic (exact) mass is 240 g/mol. The van der Waals surface area contributed by atoms with Gasteiger partial charge in [-0.1, -0.05) is 0 Å². The lowest BCUT2D eigenvalue weighted by Crippen LogP contribution is -2.40. The maximum Gasteiger partial charge on any atom is 0.0600 e. The van der Waals surface area contributed by atoms with Crippen molar-refractivity contribution in [2.75, 3.05) is 26.2 Å². The number of hydrogen-bond donors (Lipinski definition) is 1. The van der Waals surface area contributed by atoms with Crippen LogP contribution in [0.15, 0.2) is 0 Å². The van der Waals surface area contributed by atoms with E-state index in [1.807, 2.05) is 0 Å². The molecule has 0 aromatic rings. The molecule has 2 rings (SSSR count). The minimum Gasteiger partial charge on any atom is -0.375 e. The average molecular weight is 240 g/mol. The zero-order valence-electron chi connectivity index (χ0n) is 11.7. The normalized spacial score (nSPS) is 26.6. The highest BCUT2D eigenvalue weighted by atomic mass is 16.5. The largest absolute Gasteiger partial charge is 0.375 e. The van der Waals surface area contributed by atoms with Gasteiger partial charge >= 0.3 is 0 Å². The minimum atomic E-state index is 0.00147. The SMILES string of the molecule is CC(C)(C)OCCN1CCCC1CNC1CC1. The summed E-state index contributed by atoms with van der Waals surface area (Å²) >= 11 is 0. The van der Waals surface area contributed by atoms with Gasteiger partial charge in [-0.15, -0.1) is 0 Å². The highest BCUT2D eigenvalue weighted by Crippen LogP contribution is 2.21. The van der Waals surface area contributed by atoms with E-state index < -0.39 is 0 Å². The zero-order chi connectivity index (χ0) is 12.3. The third kappa shape index (κ3) is 4.94. The summed E-state index contributed by atoms with van der Waals surface area (Å²) in [7, 11) is 0. The summed E-state index contributed by atoms with van der Waals surface area (Å²) in [5, 5.41) is 3.65. The Morgan fingerprint density at radius 3 is 2.65 bits per heavy atom. The zero-order valence-corrected chi connectivity index (χ0v) is 11.7. The molecule has 0 aromatic heterocycles. The van der Waals surface area contributed by atoms with Gasteiger partial charge in [-0.05, 0) is 53.0 Å². The summed E-state index contributed by atoms with van der Waals surface area (Å²) in [6.07, 6.45) is 5.49. The fourth-order valence-corrected chi connectivity index (χ4v) is 2.48. The van der Waals surface area contributed by atoms with Crippen LogP contribution in [0.4, 0.5) is 0 Å². The first-order valence-corrected chi connectivity index (χ1v) is 7.16. The quantitative estimate of drug-likeness (QED) is 0.769. The Hall–Kier alpha value is -0.120. The molecule has 17 heavy (non-hydrogen) atoms. The second-order valence-electron chi connectivity index (χ2n) is 6.48. The van der Waals surface area contributed by atoms with Gasteiger partial charge in [-0.25, -0.2) is 0 Å². The van der Waals surface area contributed by atoms with Crippen LogP contribution >= 0.6 is 0 Å². The Labute approximate surface area is 106 Å². The topological polar surface area (TPSA) is 24.5 Å². The van der Waals surface area contributed by atoms with E-state index in [0.29, 0.717) is 0 Å². The van der Waals surface area contributed by atoms with Gasteiger partial charge in [0.05, 0.1) is 12.2 Å². The van der Waals surface area contributed by atoms with Crippen LogP contribution in [-0.2, 0) is 4.74 Å². The highest BCUT2D eigenvalue weighted by molar-refractivity contribution is 4.86. The Bertz CT molecular complexity index is 233. The molecular weight excluding hydrogens is 212 g/mol. The number of nitrogens with one attached hydrogen (secondary N) is 1. The second-order valence-corrected chi connectivity index (χ2v) is 6.48. The molecule has 2 aliphatic rings. The van der Waals surface area contributed by atoms with Gasteiger partial charge in [-0.3, -0.25) is 4.90 Å². The van der Waals surface area contributed by atoms with Crippen molar-refractivity contribution < 1.29 is 4.74 Å². The second kappa shape index (κ2) is 5.68. The van der Waals surface area contributed by atoms with Gasteiger partial charge in [0, 0.05) is 25.2 Å². The van der Waals surface area contributed by atoms with Gasteiger partial charge in [0.15, 0.2) is 0 Å². The van der Waals surface area contributed by atoms with Crippen LogP contribution in [0.5, 0.6) is 0 Å². The first-order chi connectivity index (χ1) is 8.04. The molecule has 1 aliphatic carbocycles. The molecule has 2 fully saturated rings. The van der Waals surface area contributed by atoms with Crippen molar-refractivity contribution in [3.8, 4) is 0 Å². The molecule has 3 nitrogen and oxygen atoms in total. The van der Waals surface area contributed by atoms with Crippen molar-refractivity contribution in [1.82, 2.24) is 10.2 Å². The van der Waals surface area contributed by atoms with Crippen molar-refractivity contribution in [1.29, 1.82) is 0 Å². The van der Waals surface area contributed by atoms with Crippen molar-refractivity contribution in [2.24, 2.45) is 0 Å². The van der Waals surface area contributed by atoms with Gasteiger partial charge < -0.3 is 10.1 Å². The van der Waals surface area contributed by atoms with E-state index in [1.54, 1.807) is 0 Å². The molecule has 1 saturated heterocycles. The number of nitrogens with zero attached hydrogens (tertiary/aromatic N) is 1. The van der Waals surface area contributed by atoms with E-state index in [9.17, 15) is 0 Å². The Kier molecular flexibility index (Phi) is 4.45. The molecule has 1 aliphatic heterocycles. The first-order valence-electron chi connectivity index (χ1n) is 7.16. The molecule has 1 N–H and O–H groups in total. The molecule has 1 heterocycles. The number of rotatable bonds is 6. The predicted octanol–water partition coefficient (Wildman–Crippen LogP) is 2.02. The van der Waals surface area contributed by atoms with Crippen LogP contribution in [-0.4, -0.2) is 48.8 Å². The fourth-order valence-electron chi connectivity index (χ4n) is 2.48. The number of ether oxygens (including phenoxy) is 1. The van der Waals surface area contributed by atoms with Crippen molar-refractivity contribution in [2.45, 2.75) is 64.1 Å². The molecule has 0 radical (unpaired) electrons. The summed E-state index contributed by atoms with van der Waals surface area (Å²) in [5.74, 6) is 0. The van der Waals surface area contributed by atoms with Crippen LogP contribution < -0.4 is 5.32 Å². The van der Waals surface area contributed by atoms with Crippen LogP contribution in [0.25, 0.3) is 0 Å². The van der Waals surface area contributed by atoms with Gasteiger partial charge in [-0.2, -0.15) is 0 Å². The molecule has 0 amide bonds. The van der Waals surface area contributed by atoms with Crippen LogP contribution in [0.1, 0.15) is 46.5 Å². The van der Waals surface area contributed by atoms with Crippen LogP contribution in [0.3, 0.4) is 0 Å². The lowest BCUT2D eigenvalue weighted by molar-refractivity contribution is -0.0142. The Morgan fingerprint density at radius 2 is 2.00 bits per heavy atom. The molecule has 100 valence electrons. The minimum absolute atomic E-state index is 0.00147. The highest BCUT2D eigenvalue weighted by Gasteiger charge is 2.27. The maximum atomic E-state index is 5.82. The molecular formula is C14H28N2O.